The Balaban J connectivity index is 1.49. The number of hydrogen-bond donors (Lipinski definition) is 1. The summed E-state index contributed by atoms with van der Waals surface area (Å²) < 4.78 is 19.8. The van der Waals surface area contributed by atoms with Gasteiger partial charge in [-0.25, -0.2) is 9.37 Å². The number of anilines is 1. The molecule has 0 aliphatic carbocycles. The largest absolute Gasteiger partial charge is 0.373 e. The summed E-state index contributed by atoms with van der Waals surface area (Å²) in [4.78, 5) is 30.6. The second-order valence-corrected chi connectivity index (χ2v) is 9.01. The van der Waals surface area contributed by atoms with Crippen molar-refractivity contribution in [1.29, 1.82) is 0 Å². The molecule has 2 atom stereocenters. The fourth-order valence-corrected chi connectivity index (χ4v) is 4.65. The fourth-order valence-electron chi connectivity index (χ4n) is 3.22. The van der Waals surface area contributed by atoms with E-state index in [9.17, 15) is 14.0 Å². The van der Waals surface area contributed by atoms with Crippen LogP contribution < -0.4 is 5.32 Å². The van der Waals surface area contributed by atoms with Gasteiger partial charge in [0.15, 0.2) is 10.9 Å². The number of ether oxygens (including phenoxy) is 1. The van der Waals surface area contributed by atoms with Crippen LogP contribution in [-0.2, 0) is 16.1 Å². The van der Waals surface area contributed by atoms with Gasteiger partial charge in [-0.15, -0.1) is 23.1 Å². The first kappa shape index (κ1) is 21.9. The summed E-state index contributed by atoms with van der Waals surface area (Å²) >= 11 is 2.46. The van der Waals surface area contributed by atoms with Gasteiger partial charge < -0.3 is 10.1 Å². The van der Waals surface area contributed by atoms with Crippen LogP contribution >= 0.6 is 23.1 Å². The maximum atomic E-state index is 14.0. The fraction of sp³-hybridized carbons (Fsp3) is 0.450. The van der Waals surface area contributed by atoms with Crippen LogP contribution in [0.15, 0.2) is 28.5 Å². The van der Waals surface area contributed by atoms with E-state index in [0.29, 0.717) is 22.1 Å². The molecule has 3 rings (SSSR count). The standard InChI is InChI=1S/C20H24FN3O3S2/c1-12-7-24(8-13(2)27-12)9-16-10-29-20(22-16)23-19(26)11-28-18-5-4-15(14(3)25)6-17(18)21/h4-6,10,12-13H,7-9,11H2,1-3H3,(H,22,23,26). The van der Waals surface area contributed by atoms with Crippen molar-refractivity contribution in [2.75, 3.05) is 24.2 Å². The van der Waals surface area contributed by atoms with E-state index in [-0.39, 0.29) is 29.7 Å². The Labute approximate surface area is 177 Å². The van der Waals surface area contributed by atoms with Crippen molar-refractivity contribution < 1.29 is 18.7 Å². The van der Waals surface area contributed by atoms with Crippen molar-refractivity contribution in [3.63, 3.8) is 0 Å². The van der Waals surface area contributed by atoms with Crippen molar-refractivity contribution >= 4 is 39.9 Å². The molecule has 0 radical (unpaired) electrons. The molecule has 1 amide bonds. The van der Waals surface area contributed by atoms with Crippen molar-refractivity contribution in [3.05, 3.63) is 40.7 Å². The predicted octanol–water partition coefficient (Wildman–Crippen LogP) is 3.82. The van der Waals surface area contributed by atoms with Crippen molar-refractivity contribution in [2.45, 2.75) is 44.4 Å². The SMILES string of the molecule is CC(=O)c1ccc(SCC(=O)Nc2nc(CN3CC(C)OC(C)C3)cs2)c(F)c1. The molecular formula is C20H24FN3O3S2. The number of thiazole rings is 1. The number of Topliss-reactive ketones (excluding diaryl/α,β-unsaturated/α-hetero) is 1. The Kier molecular flexibility index (Phi) is 7.39. The molecule has 29 heavy (non-hydrogen) atoms. The normalized spacial score (nSPS) is 19.9. The summed E-state index contributed by atoms with van der Waals surface area (Å²) in [5.74, 6) is -0.886. The van der Waals surface area contributed by atoms with Gasteiger partial charge in [0, 0.05) is 35.5 Å². The first-order chi connectivity index (χ1) is 13.8. The molecule has 1 aliphatic rings. The molecule has 0 bridgehead atoms. The van der Waals surface area contributed by atoms with Crippen LogP contribution in [-0.4, -0.2) is 52.6 Å². The van der Waals surface area contributed by atoms with Crippen molar-refractivity contribution in [3.8, 4) is 0 Å². The van der Waals surface area contributed by atoms with Crippen LogP contribution in [0.2, 0.25) is 0 Å². The smallest absolute Gasteiger partial charge is 0.236 e. The Morgan fingerprint density at radius 2 is 2.07 bits per heavy atom. The Bertz CT molecular complexity index is 880. The second kappa shape index (κ2) is 9.80. The topological polar surface area (TPSA) is 71.5 Å². The zero-order chi connectivity index (χ0) is 21.0. The quantitative estimate of drug-likeness (QED) is 0.524. The molecule has 0 saturated carbocycles. The number of nitrogens with zero attached hydrogens (tertiary/aromatic N) is 2. The van der Waals surface area contributed by atoms with Gasteiger partial charge in [-0.1, -0.05) is 6.07 Å². The van der Waals surface area contributed by atoms with E-state index in [0.717, 1.165) is 30.5 Å². The monoisotopic (exact) mass is 437 g/mol. The summed E-state index contributed by atoms with van der Waals surface area (Å²) in [5.41, 5.74) is 1.22. The zero-order valence-corrected chi connectivity index (χ0v) is 18.2. The van der Waals surface area contributed by atoms with Crippen LogP contribution in [0.4, 0.5) is 9.52 Å². The number of benzene rings is 1. The average Bonchev–Trinajstić information content (AvgIpc) is 3.06. The van der Waals surface area contributed by atoms with E-state index in [1.54, 1.807) is 6.07 Å². The summed E-state index contributed by atoms with van der Waals surface area (Å²) in [7, 11) is 0. The highest BCUT2D eigenvalue weighted by Gasteiger charge is 2.22. The summed E-state index contributed by atoms with van der Waals surface area (Å²) in [6.07, 6.45) is 0.386. The predicted molar refractivity (Wildman–Crippen MR) is 113 cm³/mol. The number of hydrogen-bond acceptors (Lipinski definition) is 7. The molecule has 1 aromatic heterocycles. The molecule has 1 fully saturated rings. The highest BCUT2D eigenvalue weighted by Crippen LogP contribution is 2.24. The lowest BCUT2D eigenvalue weighted by atomic mass is 10.1. The van der Waals surface area contributed by atoms with E-state index >= 15 is 0 Å². The van der Waals surface area contributed by atoms with Crippen molar-refractivity contribution in [1.82, 2.24) is 9.88 Å². The molecule has 2 aromatic rings. The van der Waals surface area contributed by atoms with Crippen LogP contribution in [0, 0.1) is 5.82 Å². The van der Waals surface area contributed by atoms with Crippen molar-refractivity contribution in [2.24, 2.45) is 0 Å². The Hall–Kier alpha value is -1.81. The molecule has 9 heteroatoms. The van der Waals surface area contributed by atoms with Crippen LogP contribution in [0.1, 0.15) is 36.8 Å². The van der Waals surface area contributed by atoms with E-state index in [2.05, 4.69) is 29.0 Å². The minimum Gasteiger partial charge on any atom is -0.373 e. The van der Waals surface area contributed by atoms with Crippen LogP contribution in [0.5, 0.6) is 0 Å². The van der Waals surface area contributed by atoms with Gasteiger partial charge in [0.05, 0.1) is 23.7 Å². The lowest BCUT2D eigenvalue weighted by Crippen LogP contribution is -2.44. The first-order valence-electron chi connectivity index (χ1n) is 9.35. The third kappa shape index (κ3) is 6.33. The summed E-state index contributed by atoms with van der Waals surface area (Å²) in [6.45, 7) is 7.93. The van der Waals surface area contributed by atoms with Gasteiger partial charge in [0.2, 0.25) is 5.91 Å². The minimum atomic E-state index is -0.499. The second-order valence-electron chi connectivity index (χ2n) is 7.13. The third-order valence-electron chi connectivity index (χ3n) is 4.38. The maximum absolute atomic E-state index is 14.0. The molecule has 2 heterocycles. The average molecular weight is 438 g/mol. The maximum Gasteiger partial charge on any atom is 0.236 e. The zero-order valence-electron chi connectivity index (χ0n) is 16.6. The highest BCUT2D eigenvalue weighted by atomic mass is 32.2. The Morgan fingerprint density at radius 3 is 2.72 bits per heavy atom. The lowest BCUT2D eigenvalue weighted by Gasteiger charge is -2.34. The van der Waals surface area contributed by atoms with Gasteiger partial charge >= 0.3 is 0 Å². The number of amides is 1. The first-order valence-corrected chi connectivity index (χ1v) is 11.2. The summed E-state index contributed by atoms with van der Waals surface area (Å²) in [6, 6.07) is 4.28. The lowest BCUT2D eigenvalue weighted by molar-refractivity contribution is -0.113. The minimum absolute atomic E-state index is 0.0593. The third-order valence-corrected chi connectivity index (χ3v) is 6.23. The number of ketones is 1. The number of nitrogens with one attached hydrogen (secondary N) is 1. The van der Waals surface area contributed by atoms with Crippen LogP contribution in [0.25, 0.3) is 0 Å². The van der Waals surface area contributed by atoms with E-state index in [1.165, 1.54) is 30.4 Å². The number of thioether (sulfide) groups is 1. The molecule has 156 valence electrons. The molecule has 2 unspecified atom stereocenters. The molecule has 1 N–H and O–H groups in total. The number of carbonyl (C=O) groups is 2. The molecule has 6 nitrogen and oxygen atoms in total. The van der Waals surface area contributed by atoms with Crippen LogP contribution in [0.3, 0.4) is 0 Å². The van der Waals surface area contributed by atoms with E-state index in [4.69, 9.17) is 4.74 Å². The van der Waals surface area contributed by atoms with Gasteiger partial charge in [-0.05, 0) is 32.9 Å². The molecule has 0 spiro atoms. The van der Waals surface area contributed by atoms with E-state index in [1.807, 2.05) is 5.38 Å². The number of halogens is 1. The van der Waals surface area contributed by atoms with E-state index < -0.39 is 5.82 Å². The molecule has 1 aromatic carbocycles. The summed E-state index contributed by atoms with van der Waals surface area (Å²) in [5, 5.41) is 5.24. The number of morpholine rings is 1. The van der Waals surface area contributed by atoms with Gasteiger partial charge in [0.1, 0.15) is 5.82 Å². The molecule has 1 saturated heterocycles. The Morgan fingerprint density at radius 1 is 1.34 bits per heavy atom. The van der Waals surface area contributed by atoms with Gasteiger partial charge in [-0.2, -0.15) is 0 Å². The number of carbonyl (C=O) groups excluding carboxylic acids is 2. The molecular weight excluding hydrogens is 413 g/mol. The highest BCUT2D eigenvalue weighted by molar-refractivity contribution is 8.00. The molecule has 1 aliphatic heterocycles. The van der Waals surface area contributed by atoms with Gasteiger partial charge in [-0.3, -0.25) is 14.5 Å². The number of rotatable bonds is 7. The van der Waals surface area contributed by atoms with Gasteiger partial charge in [0.25, 0.3) is 0 Å². The number of aromatic nitrogens is 1.